The van der Waals surface area contributed by atoms with E-state index in [4.69, 9.17) is 5.73 Å². The SMILES string of the molecule is C.C=C/C=C\C(=C)C(=O)Nc1ccc(N)cc1. The zero-order valence-electron chi connectivity index (χ0n) is 8.94. The van der Waals surface area contributed by atoms with Crippen molar-refractivity contribution in [3.8, 4) is 0 Å². The molecule has 0 unspecified atom stereocenters. The Kier molecular flexibility index (Phi) is 6.11. The second-order valence-corrected chi connectivity index (χ2v) is 3.20. The molecule has 0 aromatic heterocycles. The Labute approximate surface area is 102 Å². The van der Waals surface area contributed by atoms with Crippen LogP contribution in [0, 0.1) is 0 Å². The molecule has 0 aliphatic rings. The van der Waals surface area contributed by atoms with Gasteiger partial charge in [-0.15, -0.1) is 0 Å². The lowest BCUT2D eigenvalue weighted by Gasteiger charge is -2.04. The molecule has 1 aromatic rings. The topological polar surface area (TPSA) is 55.1 Å². The van der Waals surface area contributed by atoms with E-state index in [1.807, 2.05) is 0 Å². The monoisotopic (exact) mass is 230 g/mol. The summed E-state index contributed by atoms with van der Waals surface area (Å²) in [7, 11) is 0. The number of allylic oxidation sites excluding steroid dienone is 2. The summed E-state index contributed by atoms with van der Waals surface area (Å²) < 4.78 is 0. The Morgan fingerprint density at radius 2 is 1.88 bits per heavy atom. The van der Waals surface area contributed by atoms with Crippen molar-refractivity contribution in [3.05, 3.63) is 61.2 Å². The lowest BCUT2D eigenvalue weighted by Crippen LogP contribution is -2.12. The molecule has 17 heavy (non-hydrogen) atoms. The van der Waals surface area contributed by atoms with Gasteiger partial charge in [-0.25, -0.2) is 0 Å². The van der Waals surface area contributed by atoms with E-state index in [2.05, 4.69) is 18.5 Å². The van der Waals surface area contributed by atoms with Crippen LogP contribution >= 0.6 is 0 Å². The van der Waals surface area contributed by atoms with E-state index in [0.29, 0.717) is 16.9 Å². The quantitative estimate of drug-likeness (QED) is 0.474. The van der Waals surface area contributed by atoms with Crippen molar-refractivity contribution in [1.29, 1.82) is 0 Å². The summed E-state index contributed by atoms with van der Waals surface area (Å²) in [5.41, 5.74) is 7.25. The third-order valence-corrected chi connectivity index (χ3v) is 1.89. The molecule has 0 aliphatic heterocycles. The number of rotatable bonds is 4. The average Bonchev–Trinajstić information content (AvgIpc) is 2.29. The van der Waals surface area contributed by atoms with Gasteiger partial charge < -0.3 is 11.1 Å². The van der Waals surface area contributed by atoms with Gasteiger partial charge in [0, 0.05) is 16.9 Å². The van der Waals surface area contributed by atoms with Crippen molar-refractivity contribution in [2.45, 2.75) is 7.43 Å². The highest BCUT2D eigenvalue weighted by molar-refractivity contribution is 6.05. The van der Waals surface area contributed by atoms with Crippen LogP contribution in [-0.2, 0) is 4.79 Å². The summed E-state index contributed by atoms with van der Waals surface area (Å²) in [5, 5.41) is 2.70. The highest BCUT2D eigenvalue weighted by atomic mass is 16.1. The molecule has 3 N–H and O–H groups in total. The molecule has 3 nitrogen and oxygen atoms in total. The van der Waals surface area contributed by atoms with E-state index in [-0.39, 0.29) is 13.3 Å². The van der Waals surface area contributed by atoms with Gasteiger partial charge in [-0.05, 0) is 24.3 Å². The van der Waals surface area contributed by atoms with Crippen LogP contribution in [0.25, 0.3) is 0 Å². The number of anilines is 2. The Morgan fingerprint density at radius 1 is 1.29 bits per heavy atom. The number of carbonyl (C=O) groups excluding carboxylic acids is 1. The summed E-state index contributed by atoms with van der Waals surface area (Å²) in [5.74, 6) is -0.247. The fraction of sp³-hybridized carbons (Fsp3) is 0.0714. The van der Waals surface area contributed by atoms with E-state index in [1.165, 1.54) is 0 Å². The van der Waals surface area contributed by atoms with Gasteiger partial charge in [0.2, 0.25) is 0 Å². The van der Waals surface area contributed by atoms with Gasteiger partial charge in [0.15, 0.2) is 0 Å². The van der Waals surface area contributed by atoms with Gasteiger partial charge in [-0.2, -0.15) is 0 Å². The van der Waals surface area contributed by atoms with Crippen molar-refractivity contribution in [2.75, 3.05) is 11.1 Å². The highest BCUT2D eigenvalue weighted by Gasteiger charge is 2.03. The minimum Gasteiger partial charge on any atom is -0.399 e. The van der Waals surface area contributed by atoms with Crippen LogP contribution in [0.3, 0.4) is 0 Å². The number of nitrogens with one attached hydrogen (secondary N) is 1. The molecule has 0 radical (unpaired) electrons. The predicted molar refractivity (Wildman–Crippen MR) is 74.7 cm³/mol. The second-order valence-electron chi connectivity index (χ2n) is 3.20. The molecule has 0 fully saturated rings. The molecule has 1 rings (SSSR count). The van der Waals surface area contributed by atoms with Gasteiger partial charge in [-0.1, -0.05) is 38.8 Å². The molecule has 3 heteroatoms. The van der Waals surface area contributed by atoms with Crippen LogP contribution < -0.4 is 11.1 Å². The van der Waals surface area contributed by atoms with Crippen LogP contribution in [0.4, 0.5) is 11.4 Å². The molecule has 0 heterocycles. The normalized spacial score (nSPS) is 9.41. The first kappa shape index (κ1) is 14.7. The average molecular weight is 230 g/mol. The maximum atomic E-state index is 11.6. The zero-order valence-corrected chi connectivity index (χ0v) is 8.94. The van der Waals surface area contributed by atoms with Crippen molar-refractivity contribution >= 4 is 17.3 Å². The number of nitrogens with two attached hydrogens (primary N) is 1. The summed E-state index contributed by atoms with van der Waals surface area (Å²) >= 11 is 0. The summed E-state index contributed by atoms with van der Waals surface area (Å²) in [6.07, 6.45) is 4.84. The van der Waals surface area contributed by atoms with Crippen LogP contribution in [-0.4, -0.2) is 5.91 Å². The zero-order chi connectivity index (χ0) is 12.0. The molecule has 1 aromatic carbocycles. The van der Waals surface area contributed by atoms with Crippen molar-refractivity contribution < 1.29 is 4.79 Å². The van der Waals surface area contributed by atoms with Crippen molar-refractivity contribution in [3.63, 3.8) is 0 Å². The second kappa shape index (κ2) is 7.06. The van der Waals surface area contributed by atoms with E-state index < -0.39 is 0 Å². The minimum atomic E-state index is -0.247. The van der Waals surface area contributed by atoms with E-state index >= 15 is 0 Å². The summed E-state index contributed by atoms with van der Waals surface area (Å²) in [6, 6.07) is 6.91. The third-order valence-electron chi connectivity index (χ3n) is 1.89. The molecule has 0 saturated heterocycles. The Balaban J connectivity index is 0.00000256. The van der Waals surface area contributed by atoms with Crippen LogP contribution in [0.2, 0.25) is 0 Å². The number of hydrogen-bond donors (Lipinski definition) is 2. The smallest absolute Gasteiger partial charge is 0.255 e. The number of benzene rings is 1. The van der Waals surface area contributed by atoms with Gasteiger partial charge >= 0.3 is 0 Å². The number of nitrogen functional groups attached to an aromatic ring is 1. The van der Waals surface area contributed by atoms with E-state index in [9.17, 15) is 4.79 Å². The molecule has 0 saturated carbocycles. The van der Waals surface area contributed by atoms with Crippen molar-refractivity contribution in [1.82, 2.24) is 0 Å². The minimum absolute atomic E-state index is 0. The fourth-order valence-electron chi connectivity index (χ4n) is 1.04. The molecule has 0 spiro atoms. The molecule has 0 bridgehead atoms. The highest BCUT2D eigenvalue weighted by Crippen LogP contribution is 2.11. The van der Waals surface area contributed by atoms with Crippen molar-refractivity contribution in [2.24, 2.45) is 0 Å². The molecule has 1 amide bonds. The molecular formula is C14H18N2O. The number of carbonyl (C=O) groups is 1. The lowest BCUT2D eigenvalue weighted by molar-refractivity contribution is -0.112. The first-order chi connectivity index (χ1) is 7.63. The predicted octanol–water partition coefficient (Wildman–Crippen LogP) is 3.14. The first-order valence-electron chi connectivity index (χ1n) is 4.78. The van der Waals surface area contributed by atoms with Crippen LogP contribution in [0.15, 0.2) is 61.2 Å². The molecule has 0 aliphatic carbocycles. The third kappa shape index (κ3) is 4.84. The van der Waals surface area contributed by atoms with Gasteiger partial charge in [-0.3, -0.25) is 4.79 Å². The van der Waals surface area contributed by atoms with E-state index in [1.54, 1.807) is 42.5 Å². The number of amides is 1. The maximum absolute atomic E-state index is 11.6. The van der Waals surface area contributed by atoms with Crippen LogP contribution in [0.1, 0.15) is 7.43 Å². The number of hydrogen-bond acceptors (Lipinski definition) is 2. The Morgan fingerprint density at radius 3 is 2.41 bits per heavy atom. The lowest BCUT2D eigenvalue weighted by atomic mass is 10.2. The Bertz CT molecular complexity index is 430. The summed E-state index contributed by atoms with van der Waals surface area (Å²) in [4.78, 5) is 11.6. The summed E-state index contributed by atoms with van der Waals surface area (Å²) in [6.45, 7) is 7.15. The van der Waals surface area contributed by atoms with Gasteiger partial charge in [0.25, 0.3) is 5.91 Å². The largest absolute Gasteiger partial charge is 0.399 e. The van der Waals surface area contributed by atoms with Gasteiger partial charge in [0.05, 0.1) is 0 Å². The maximum Gasteiger partial charge on any atom is 0.255 e. The fourth-order valence-corrected chi connectivity index (χ4v) is 1.04. The molecule has 90 valence electrons. The van der Waals surface area contributed by atoms with Gasteiger partial charge in [0.1, 0.15) is 0 Å². The molecule has 0 atom stereocenters. The van der Waals surface area contributed by atoms with Crippen LogP contribution in [0.5, 0.6) is 0 Å². The first-order valence-corrected chi connectivity index (χ1v) is 4.78. The molecular weight excluding hydrogens is 212 g/mol. The Hall–Kier alpha value is -2.29. The van der Waals surface area contributed by atoms with E-state index in [0.717, 1.165) is 0 Å². The standard InChI is InChI=1S/C13H14N2O.CH4/c1-3-4-5-10(2)13(16)15-12-8-6-11(14)7-9-12;/h3-9H,1-2,14H2,(H,15,16);1H4/b5-4-;.